The van der Waals surface area contributed by atoms with Gasteiger partial charge in [0.2, 0.25) is 15.9 Å². The van der Waals surface area contributed by atoms with Crippen LogP contribution in [0.25, 0.3) is 0 Å². The molecule has 2 aliphatic heterocycles. The van der Waals surface area contributed by atoms with Crippen molar-refractivity contribution in [3.8, 4) is 0 Å². The molecule has 0 radical (unpaired) electrons. The molecule has 0 aromatic heterocycles. The van der Waals surface area contributed by atoms with Crippen LogP contribution in [0.4, 0.5) is 5.69 Å². The summed E-state index contributed by atoms with van der Waals surface area (Å²) in [5.41, 5.74) is 0.537. The molecule has 1 amide bonds. The van der Waals surface area contributed by atoms with E-state index in [0.717, 1.165) is 39.0 Å². The molecule has 10 heteroatoms. The van der Waals surface area contributed by atoms with E-state index in [4.69, 9.17) is 0 Å². The highest BCUT2D eigenvalue weighted by atomic mass is 35.5. The lowest BCUT2D eigenvalue weighted by Crippen LogP contribution is -2.47. The van der Waals surface area contributed by atoms with Crippen molar-refractivity contribution in [1.29, 1.82) is 0 Å². The van der Waals surface area contributed by atoms with Crippen molar-refractivity contribution >= 4 is 46.4 Å². The van der Waals surface area contributed by atoms with Gasteiger partial charge in [0.05, 0.1) is 4.90 Å². The van der Waals surface area contributed by atoms with Gasteiger partial charge in [0.25, 0.3) is 0 Å². The molecule has 1 aromatic rings. The molecule has 0 saturated carbocycles. The minimum Gasteiger partial charge on any atom is -0.326 e. The van der Waals surface area contributed by atoms with Crippen LogP contribution in [0.2, 0.25) is 0 Å². The topological polar surface area (TPSA) is 81.8 Å². The van der Waals surface area contributed by atoms with Gasteiger partial charge >= 0.3 is 0 Å². The van der Waals surface area contributed by atoms with E-state index >= 15 is 0 Å². The third kappa shape index (κ3) is 6.57. The van der Waals surface area contributed by atoms with Crippen LogP contribution in [-0.2, 0) is 14.8 Å². The molecular formula is C18H30Cl2N4O3S. The SMILES string of the molecule is CN1CCN(S(=O)(=O)c2cccc(NC(=O)CCC3CCNC3)c2)CC1.Cl.Cl. The first-order valence-electron chi connectivity index (χ1n) is 9.24. The van der Waals surface area contributed by atoms with E-state index in [1.165, 1.54) is 4.31 Å². The number of nitrogens with zero attached hydrogens (tertiary/aromatic N) is 2. The average molecular weight is 453 g/mol. The third-order valence-electron chi connectivity index (χ3n) is 5.16. The van der Waals surface area contributed by atoms with Crippen LogP contribution in [0.1, 0.15) is 19.3 Å². The van der Waals surface area contributed by atoms with E-state index in [2.05, 4.69) is 15.5 Å². The Morgan fingerprint density at radius 3 is 2.57 bits per heavy atom. The number of hydrogen-bond donors (Lipinski definition) is 2. The largest absolute Gasteiger partial charge is 0.326 e. The summed E-state index contributed by atoms with van der Waals surface area (Å²) in [4.78, 5) is 14.5. The molecule has 28 heavy (non-hydrogen) atoms. The number of nitrogens with one attached hydrogen (secondary N) is 2. The Bertz CT molecular complexity index is 734. The highest BCUT2D eigenvalue weighted by molar-refractivity contribution is 7.89. The van der Waals surface area contributed by atoms with Crippen LogP contribution < -0.4 is 10.6 Å². The van der Waals surface area contributed by atoms with E-state index in [1.54, 1.807) is 24.3 Å². The third-order valence-corrected chi connectivity index (χ3v) is 7.05. The van der Waals surface area contributed by atoms with Gasteiger partial charge in [0.15, 0.2) is 0 Å². The number of carbonyl (C=O) groups is 1. The first kappa shape index (κ1) is 25.1. The number of rotatable bonds is 6. The van der Waals surface area contributed by atoms with Gasteiger partial charge in [-0.25, -0.2) is 8.42 Å². The number of piperazine rings is 1. The van der Waals surface area contributed by atoms with Crippen LogP contribution in [-0.4, -0.2) is 69.8 Å². The van der Waals surface area contributed by atoms with Crippen molar-refractivity contribution in [1.82, 2.24) is 14.5 Å². The minimum atomic E-state index is -3.52. The average Bonchev–Trinajstić information content (AvgIpc) is 3.14. The Morgan fingerprint density at radius 2 is 1.93 bits per heavy atom. The minimum absolute atomic E-state index is 0. The molecule has 0 bridgehead atoms. The summed E-state index contributed by atoms with van der Waals surface area (Å²) < 4.78 is 27.2. The van der Waals surface area contributed by atoms with Crippen LogP contribution in [0, 0.1) is 5.92 Å². The van der Waals surface area contributed by atoms with Gasteiger partial charge in [-0.15, -0.1) is 24.8 Å². The van der Waals surface area contributed by atoms with Crippen molar-refractivity contribution in [2.45, 2.75) is 24.2 Å². The molecule has 160 valence electrons. The number of sulfonamides is 1. The number of hydrogen-bond acceptors (Lipinski definition) is 5. The molecule has 3 rings (SSSR count). The number of halogens is 2. The summed E-state index contributed by atoms with van der Waals surface area (Å²) in [7, 11) is -1.53. The molecule has 0 spiro atoms. The smallest absolute Gasteiger partial charge is 0.243 e. The summed E-state index contributed by atoms with van der Waals surface area (Å²) in [5, 5.41) is 6.14. The normalized spacial score (nSPS) is 20.8. The quantitative estimate of drug-likeness (QED) is 0.687. The van der Waals surface area contributed by atoms with Crippen molar-refractivity contribution in [3.63, 3.8) is 0 Å². The summed E-state index contributed by atoms with van der Waals surface area (Å²) in [6, 6.07) is 6.56. The molecule has 0 aliphatic carbocycles. The maximum absolute atomic E-state index is 12.8. The van der Waals surface area contributed by atoms with Gasteiger partial charge in [-0.3, -0.25) is 4.79 Å². The lowest BCUT2D eigenvalue weighted by Gasteiger charge is -2.31. The molecule has 2 fully saturated rings. The second-order valence-electron chi connectivity index (χ2n) is 7.18. The fourth-order valence-corrected chi connectivity index (χ4v) is 4.90. The maximum Gasteiger partial charge on any atom is 0.243 e. The second-order valence-corrected chi connectivity index (χ2v) is 9.12. The van der Waals surface area contributed by atoms with Gasteiger partial charge in [0, 0.05) is 38.3 Å². The maximum atomic E-state index is 12.8. The van der Waals surface area contributed by atoms with Crippen LogP contribution in [0.3, 0.4) is 0 Å². The first-order chi connectivity index (χ1) is 12.4. The van der Waals surface area contributed by atoms with Crippen LogP contribution in [0.15, 0.2) is 29.2 Å². The Hall–Kier alpha value is -0.900. The molecule has 2 saturated heterocycles. The van der Waals surface area contributed by atoms with Gasteiger partial charge < -0.3 is 15.5 Å². The van der Waals surface area contributed by atoms with Crippen molar-refractivity contribution in [2.75, 3.05) is 51.6 Å². The molecule has 1 unspecified atom stereocenters. The highest BCUT2D eigenvalue weighted by Crippen LogP contribution is 2.21. The highest BCUT2D eigenvalue weighted by Gasteiger charge is 2.27. The number of benzene rings is 1. The van der Waals surface area contributed by atoms with Crippen molar-refractivity contribution in [2.24, 2.45) is 5.92 Å². The zero-order valence-electron chi connectivity index (χ0n) is 16.1. The summed E-state index contributed by atoms with van der Waals surface area (Å²) >= 11 is 0. The molecule has 1 aromatic carbocycles. The molecule has 1 atom stereocenters. The Labute approximate surface area is 180 Å². The van der Waals surface area contributed by atoms with Gasteiger partial charge in [0.1, 0.15) is 0 Å². The monoisotopic (exact) mass is 452 g/mol. The van der Waals surface area contributed by atoms with Crippen LogP contribution >= 0.6 is 24.8 Å². The van der Waals surface area contributed by atoms with Crippen LogP contribution in [0.5, 0.6) is 0 Å². The number of carbonyl (C=O) groups excluding carboxylic acids is 1. The number of amides is 1. The van der Waals surface area contributed by atoms with Gasteiger partial charge in [-0.05, 0) is 57.1 Å². The molecule has 2 aliphatic rings. The molecule has 7 nitrogen and oxygen atoms in total. The zero-order valence-corrected chi connectivity index (χ0v) is 18.5. The van der Waals surface area contributed by atoms with E-state index in [9.17, 15) is 13.2 Å². The van der Waals surface area contributed by atoms with Gasteiger partial charge in [-0.2, -0.15) is 4.31 Å². The zero-order chi connectivity index (χ0) is 18.6. The number of likely N-dealkylation sites (N-methyl/N-ethyl adjacent to an activating group) is 1. The fraction of sp³-hybridized carbons (Fsp3) is 0.611. The van der Waals surface area contributed by atoms with Gasteiger partial charge in [-0.1, -0.05) is 6.07 Å². The molecule has 2 N–H and O–H groups in total. The summed E-state index contributed by atoms with van der Waals surface area (Å²) in [6.45, 7) is 4.44. The van der Waals surface area contributed by atoms with E-state index in [1.807, 2.05) is 7.05 Å². The number of anilines is 1. The second kappa shape index (κ2) is 11.3. The fourth-order valence-electron chi connectivity index (χ4n) is 3.43. The molecule has 2 heterocycles. The predicted octanol–water partition coefficient (Wildman–Crippen LogP) is 1.79. The summed E-state index contributed by atoms with van der Waals surface area (Å²) in [6.07, 6.45) is 2.44. The Balaban J connectivity index is 0.00000196. The first-order valence-corrected chi connectivity index (χ1v) is 10.7. The lowest BCUT2D eigenvalue weighted by atomic mass is 10.0. The predicted molar refractivity (Wildman–Crippen MR) is 116 cm³/mol. The van der Waals surface area contributed by atoms with Crippen molar-refractivity contribution < 1.29 is 13.2 Å². The van der Waals surface area contributed by atoms with E-state index < -0.39 is 10.0 Å². The van der Waals surface area contributed by atoms with E-state index in [0.29, 0.717) is 31.1 Å². The standard InChI is InChI=1S/C18H28N4O3S.2ClH/c1-21-9-11-22(12-10-21)26(24,25)17-4-2-3-16(13-17)20-18(23)6-5-15-7-8-19-14-15;;/h2-4,13,15,19H,5-12,14H2,1H3,(H,20,23);2*1H. The van der Waals surface area contributed by atoms with E-state index in [-0.39, 0.29) is 35.6 Å². The Kier molecular flexibility index (Phi) is 10.2. The summed E-state index contributed by atoms with van der Waals surface area (Å²) in [5.74, 6) is 0.496. The van der Waals surface area contributed by atoms with Crippen molar-refractivity contribution in [3.05, 3.63) is 24.3 Å². The lowest BCUT2D eigenvalue weighted by molar-refractivity contribution is -0.116. The Morgan fingerprint density at radius 1 is 1.21 bits per heavy atom. The molecular weight excluding hydrogens is 423 g/mol.